The molecule has 56 valence electrons. The highest BCUT2D eigenvalue weighted by Crippen LogP contribution is 1.98. The van der Waals surface area contributed by atoms with Gasteiger partial charge in [-0.3, -0.25) is 5.01 Å². The van der Waals surface area contributed by atoms with Crippen molar-refractivity contribution in [1.82, 2.24) is 10.4 Å². The van der Waals surface area contributed by atoms with Gasteiger partial charge in [0.2, 0.25) is 0 Å². The Kier molecular flexibility index (Phi) is 2.37. The molecule has 0 radical (unpaired) electrons. The average molecular weight is 138 g/mol. The highest BCUT2D eigenvalue weighted by atomic mass is 15.5. The summed E-state index contributed by atoms with van der Waals surface area (Å²) in [6.07, 6.45) is 7.98. The van der Waals surface area contributed by atoms with E-state index in [9.17, 15) is 0 Å². The third kappa shape index (κ3) is 2.13. The molecular weight excluding hydrogens is 124 g/mol. The van der Waals surface area contributed by atoms with E-state index in [2.05, 4.69) is 24.3 Å². The lowest BCUT2D eigenvalue weighted by Gasteiger charge is -2.23. The third-order valence-electron chi connectivity index (χ3n) is 1.28. The standard InChI is InChI=1S/C8H14N2/c1-8(2)7-10-6-4-3-5-9-10/h3-6,8-9H,7H2,1-2H3. The van der Waals surface area contributed by atoms with E-state index in [1.807, 2.05) is 24.6 Å². The topological polar surface area (TPSA) is 15.3 Å². The summed E-state index contributed by atoms with van der Waals surface area (Å²) in [6, 6.07) is 0. The van der Waals surface area contributed by atoms with Gasteiger partial charge < -0.3 is 5.43 Å². The zero-order valence-electron chi connectivity index (χ0n) is 6.54. The molecule has 0 amide bonds. The van der Waals surface area contributed by atoms with Gasteiger partial charge in [-0.25, -0.2) is 0 Å². The van der Waals surface area contributed by atoms with E-state index in [0.717, 1.165) is 6.54 Å². The van der Waals surface area contributed by atoms with Crippen LogP contribution in [0.1, 0.15) is 13.8 Å². The van der Waals surface area contributed by atoms with Crippen molar-refractivity contribution in [3.05, 3.63) is 24.6 Å². The SMILES string of the molecule is CC(C)CN1C=CC=CN1. The van der Waals surface area contributed by atoms with Gasteiger partial charge in [0.25, 0.3) is 0 Å². The minimum absolute atomic E-state index is 0.698. The molecule has 1 aliphatic rings. The first-order valence-corrected chi connectivity index (χ1v) is 3.65. The summed E-state index contributed by atoms with van der Waals surface area (Å²) in [5, 5.41) is 2.07. The second kappa shape index (κ2) is 3.30. The van der Waals surface area contributed by atoms with E-state index >= 15 is 0 Å². The fourth-order valence-electron chi connectivity index (χ4n) is 0.898. The fraction of sp³-hybridized carbons (Fsp3) is 0.500. The van der Waals surface area contributed by atoms with E-state index in [0.29, 0.717) is 5.92 Å². The Hall–Kier alpha value is -0.920. The molecule has 0 aromatic heterocycles. The van der Waals surface area contributed by atoms with E-state index in [4.69, 9.17) is 0 Å². The molecule has 0 unspecified atom stereocenters. The van der Waals surface area contributed by atoms with Crippen molar-refractivity contribution < 1.29 is 0 Å². The van der Waals surface area contributed by atoms with Crippen molar-refractivity contribution >= 4 is 0 Å². The molecular formula is C8H14N2. The summed E-state index contributed by atoms with van der Waals surface area (Å²) in [5.41, 5.74) is 3.12. The summed E-state index contributed by atoms with van der Waals surface area (Å²) in [6.45, 7) is 5.46. The molecule has 0 fully saturated rings. The molecule has 0 aromatic carbocycles. The van der Waals surface area contributed by atoms with Crippen molar-refractivity contribution in [2.24, 2.45) is 5.92 Å². The van der Waals surface area contributed by atoms with Crippen LogP contribution >= 0.6 is 0 Å². The molecule has 0 atom stereocenters. The van der Waals surface area contributed by atoms with Crippen LogP contribution in [0.25, 0.3) is 0 Å². The molecule has 0 spiro atoms. The van der Waals surface area contributed by atoms with Crippen LogP contribution in [0, 0.1) is 5.92 Å². The fourth-order valence-corrected chi connectivity index (χ4v) is 0.898. The van der Waals surface area contributed by atoms with Crippen molar-refractivity contribution in [1.29, 1.82) is 0 Å². The highest BCUT2D eigenvalue weighted by molar-refractivity contribution is 5.04. The number of rotatable bonds is 2. The monoisotopic (exact) mass is 138 g/mol. The first-order valence-electron chi connectivity index (χ1n) is 3.65. The van der Waals surface area contributed by atoms with Crippen LogP contribution in [0.4, 0.5) is 0 Å². The Labute approximate surface area is 62.2 Å². The zero-order valence-corrected chi connectivity index (χ0v) is 6.54. The van der Waals surface area contributed by atoms with E-state index < -0.39 is 0 Å². The molecule has 1 heterocycles. The van der Waals surface area contributed by atoms with Crippen LogP contribution in [0.5, 0.6) is 0 Å². The maximum atomic E-state index is 3.12. The molecule has 0 aromatic rings. The molecule has 2 heteroatoms. The molecule has 1 N–H and O–H groups in total. The minimum Gasteiger partial charge on any atom is -0.306 e. The smallest absolute Gasteiger partial charge is 0.0409 e. The van der Waals surface area contributed by atoms with Crippen molar-refractivity contribution in [2.45, 2.75) is 13.8 Å². The van der Waals surface area contributed by atoms with Crippen LogP contribution in [-0.4, -0.2) is 11.6 Å². The molecule has 0 aliphatic carbocycles. The molecule has 1 rings (SSSR count). The van der Waals surface area contributed by atoms with Gasteiger partial charge in [0.1, 0.15) is 0 Å². The Morgan fingerprint density at radius 1 is 1.40 bits per heavy atom. The molecule has 0 saturated heterocycles. The average Bonchev–Trinajstić information content (AvgIpc) is 1.88. The van der Waals surface area contributed by atoms with Gasteiger partial charge in [-0.05, 0) is 18.1 Å². The van der Waals surface area contributed by atoms with Crippen molar-refractivity contribution in [3.8, 4) is 0 Å². The Morgan fingerprint density at radius 2 is 2.20 bits per heavy atom. The van der Waals surface area contributed by atoms with Gasteiger partial charge in [0.15, 0.2) is 0 Å². The van der Waals surface area contributed by atoms with Gasteiger partial charge >= 0.3 is 0 Å². The Balaban J connectivity index is 2.30. The Morgan fingerprint density at radius 3 is 2.70 bits per heavy atom. The normalized spacial score (nSPS) is 16.1. The lowest BCUT2D eigenvalue weighted by atomic mass is 10.2. The summed E-state index contributed by atoms with van der Waals surface area (Å²) in [7, 11) is 0. The van der Waals surface area contributed by atoms with Crippen molar-refractivity contribution in [3.63, 3.8) is 0 Å². The summed E-state index contributed by atoms with van der Waals surface area (Å²) in [4.78, 5) is 0. The first kappa shape index (κ1) is 7.19. The summed E-state index contributed by atoms with van der Waals surface area (Å²) in [5.74, 6) is 0.698. The van der Waals surface area contributed by atoms with E-state index in [1.54, 1.807) is 0 Å². The highest BCUT2D eigenvalue weighted by Gasteiger charge is 2.00. The van der Waals surface area contributed by atoms with Crippen LogP contribution in [0.3, 0.4) is 0 Å². The number of hydrogen-bond donors (Lipinski definition) is 1. The second-order valence-corrected chi connectivity index (χ2v) is 2.88. The second-order valence-electron chi connectivity index (χ2n) is 2.88. The summed E-state index contributed by atoms with van der Waals surface area (Å²) >= 11 is 0. The number of hydrogen-bond acceptors (Lipinski definition) is 2. The minimum atomic E-state index is 0.698. The van der Waals surface area contributed by atoms with Crippen molar-refractivity contribution in [2.75, 3.05) is 6.54 Å². The van der Waals surface area contributed by atoms with E-state index in [-0.39, 0.29) is 0 Å². The van der Waals surface area contributed by atoms with E-state index in [1.165, 1.54) is 0 Å². The number of nitrogens with one attached hydrogen (secondary N) is 1. The van der Waals surface area contributed by atoms with Gasteiger partial charge in [0, 0.05) is 18.9 Å². The summed E-state index contributed by atoms with van der Waals surface area (Å²) < 4.78 is 0. The van der Waals surface area contributed by atoms with Gasteiger partial charge in [0.05, 0.1) is 0 Å². The van der Waals surface area contributed by atoms with Gasteiger partial charge in [-0.1, -0.05) is 13.8 Å². The van der Waals surface area contributed by atoms with Crippen LogP contribution < -0.4 is 5.43 Å². The van der Waals surface area contributed by atoms with Crippen LogP contribution in [0.2, 0.25) is 0 Å². The Bertz CT molecular complexity index is 147. The largest absolute Gasteiger partial charge is 0.306 e. The molecule has 0 saturated carbocycles. The van der Waals surface area contributed by atoms with Crippen LogP contribution in [0.15, 0.2) is 24.6 Å². The molecule has 0 bridgehead atoms. The first-order chi connectivity index (χ1) is 4.79. The van der Waals surface area contributed by atoms with Gasteiger partial charge in [-0.15, -0.1) is 0 Å². The molecule has 2 nitrogen and oxygen atoms in total. The maximum absolute atomic E-state index is 3.12. The zero-order chi connectivity index (χ0) is 7.40. The number of hydrazine groups is 1. The lowest BCUT2D eigenvalue weighted by molar-refractivity contribution is 0.276. The number of allylic oxidation sites excluding steroid dienone is 2. The lowest BCUT2D eigenvalue weighted by Crippen LogP contribution is -2.33. The van der Waals surface area contributed by atoms with Gasteiger partial charge in [-0.2, -0.15) is 0 Å². The quantitative estimate of drug-likeness (QED) is 0.622. The predicted molar refractivity (Wildman–Crippen MR) is 43.0 cm³/mol. The predicted octanol–water partition coefficient (Wildman–Crippen LogP) is 1.49. The van der Waals surface area contributed by atoms with Crippen LogP contribution in [-0.2, 0) is 0 Å². The third-order valence-corrected chi connectivity index (χ3v) is 1.28. The maximum Gasteiger partial charge on any atom is 0.0409 e. The molecule has 1 aliphatic heterocycles. The number of nitrogens with zero attached hydrogens (tertiary/aromatic N) is 1. The molecule has 10 heavy (non-hydrogen) atoms.